The third-order valence-corrected chi connectivity index (χ3v) is 3.69. The highest BCUT2D eigenvalue weighted by Gasteiger charge is 2.40. The van der Waals surface area contributed by atoms with Crippen LogP contribution in [0.1, 0.15) is 33.0 Å². The van der Waals surface area contributed by atoms with Gasteiger partial charge in [0.15, 0.2) is 0 Å². The molecule has 5 nitrogen and oxygen atoms in total. The van der Waals surface area contributed by atoms with Gasteiger partial charge in [0, 0.05) is 0 Å². The number of hydrogen-bond donors (Lipinski definition) is 2. The van der Waals surface area contributed by atoms with Crippen molar-refractivity contribution in [1.29, 1.82) is 0 Å². The molecule has 3 rings (SSSR count). The first-order valence-corrected chi connectivity index (χ1v) is 7.11. The molecule has 0 spiro atoms. The summed E-state index contributed by atoms with van der Waals surface area (Å²) in [6, 6.07) is 4.74. The number of nitrogens with one attached hydrogen (secondary N) is 2. The maximum atomic E-state index is 12.9. The molecule has 8 heteroatoms. The van der Waals surface area contributed by atoms with Gasteiger partial charge >= 0.3 is 6.18 Å². The van der Waals surface area contributed by atoms with Gasteiger partial charge in [0.25, 0.3) is 5.91 Å². The van der Waals surface area contributed by atoms with Crippen molar-refractivity contribution in [2.24, 2.45) is 0 Å². The van der Waals surface area contributed by atoms with E-state index in [1.54, 1.807) is 0 Å². The molecule has 0 aliphatic heterocycles. The van der Waals surface area contributed by atoms with Crippen LogP contribution >= 0.6 is 0 Å². The highest BCUT2D eigenvalue weighted by Crippen LogP contribution is 2.34. The van der Waals surface area contributed by atoms with Crippen LogP contribution in [0.25, 0.3) is 11.0 Å². The molecular formula is C16H14F3N3O2. The van der Waals surface area contributed by atoms with E-state index in [1.165, 1.54) is 6.92 Å². The van der Waals surface area contributed by atoms with E-state index in [0.717, 1.165) is 17.2 Å². The van der Waals surface area contributed by atoms with Crippen molar-refractivity contribution in [1.82, 2.24) is 9.97 Å². The van der Waals surface area contributed by atoms with Crippen molar-refractivity contribution < 1.29 is 22.4 Å². The number of aryl methyl sites for hydroxylation is 3. The smallest absolute Gasteiger partial charge is 0.450 e. The molecule has 0 bridgehead atoms. The number of benzene rings is 1. The molecular weight excluding hydrogens is 323 g/mol. The van der Waals surface area contributed by atoms with Crippen LogP contribution in [0.15, 0.2) is 22.6 Å². The van der Waals surface area contributed by atoms with E-state index in [1.807, 2.05) is 26.0 Å². The van der Waals surface area contributed by atoms with E-state index in [-0.39, 0.29) is 11.7 Å². The lowest BCUT2D eigenvalue weighted by Gasteiger charge is -2.05. The van der Waals surface area contributed by atoms with Gasteiger partial charge in [-0.3, -0.25) is 10.1 Å². The van der Waals surface area contributed by atoms with Crippen LogP contribution in [0.5, 0.6) is 0 Å². The highest BCUT2D eigenvalue weighted by atomic mass is 19.4. The molecule has 0 aliphatic carbocycles. The summed E-state index contributed by atoms with van der Waals surface area (Å²) in [5, 5.41) is 2.35. The summed E-state index contributed by atoms with van der Waals surface area (Å²) in [6.45, 7) is 5.20. The number of alkyl halides is 3. The topological polar surface area (TPSA) is 70.9 Å². The molecule has 0 saturated carbocycles. The Balaban J connectivity index is 1.93. The van der Waals surface area contributed by atoms with Crippen LogP contribution in [0.2, 0.25) is 0 Å². The van der Waals surface area contributed by atoms with Gasteiger partial charge in [-0.2, -0.15) is 13.2 Å². The zero-order valence-electron chi connectivity index (χ0n) is 13.1. The summed E-state index contributed by atoms with van der Waals surface area (Å²) >= 11 is 0. The van der Waals surface area contributed by atoms with Crippen molar-refractivity contribution in [3.63, 3.8) is 0 Å². The van der Waals surface area contributed by atoms with Crippen LogP contribution in [0, 0.1) is 20.8 Å². The molecule has 0 atom stereocenters. The number of imidazole rings is 1. The predicted molar refractivity (Wildman–Crippen MR) is 82.0 cm³/mol. The van der Waals surface area contributed by atoms with Crippen molar-refractivity contribution in [3.8, 4) is 0 Å². The van der Waals surface area contributed by atoms with E-state index in [0.29, 0.717) is 11.0 Å². The van der Waals surface area contributed by atoms with Crippen LogP contribution in [0.3, 0.4) is 0 Å². The summed E-state index contributed by atoms with van der Waals surface area (Å²) in [7, 11) is 0. The normalized spacial score (nSPS) is 11.9. The van der Waals surface area contributed by atoms with Crippen molar-refractivity contribution in [3.05, 3.63) is 46.4 Å². The summed E-state index contributed by atoms with van der Waals surface area (Å²) in [5.74, 6) is -2.18. The molecule has 2 N–H and O–H groups in total. The summed E-state index contributed by atoms with van der Waals surface area (Å²) in [4.78, 5) is 19.2. The summed E-state index contributed by atoms with van der Waals surface area (Å²) in [5.41, 5.74) is 2.79. The number of carbonyl (C=O) groups excluding carboxylic acids is 1. The minimum atomic E-state index is -4.75. The molecule has 0 saturated heterocycles. The average molecular weight is 337 g/mol. The molecule has 0 fully saturated rings. The highest BCUT2D eigenvalue weighted by molar-refractivity contribution is 6.05. The first-order valence-electron chi connectivity index (χ1n) is 7.11. The van der Waals surface area contributed by atoms with E-state index >= 15 is 0 Å². The molecule has 2 heterocycles. The second-order valence-electron chi connectivity index (χ2n) is 5.59. The monoisotopic (exact) mass is 337 g/mol. The Labute approximate surface area is 134 Å². The number of rotatable bonds is 2. The number of amides is 1. The predicted octanol–water partition coefficient (Wildman–Crippen LogP) is 4.35. The first kappa shape index (κ1) is 16.1. The number of carbonyl (C=O) groups is 1. The lowest BCUT2D eigenvalue weighted by Crippen LogP contribution is -2.17. The van der Waals surface area contributed by atoms with Gasteiger partial charge in [-0.25, -0.2) is 4.98 Å². The summed E-state index contributed by atoms with van der Waals surface area (Å²) < 4.78 is 43.4. The Morgan fingerprint density at radius 2 is 1.83 bits per heavy atom. The largest absolute Gasteiger partial charge is 0.456 e. The van der Waals surface area contributed by atoms with Gasteiger partial charge in [-0.1, -0.05) is 0 Å². The van der Waals surface area contributed by atoms with Gasteiger partial charge < -0.3 is 9.40 Å². The zero-order valence-corrected chi connectivity index (χ0v) is 13.1. The Morgan fingerprint density at radius 1 is 1.17 bits per heavy atom. The van der Waals surface area contributed by atoms with E-state index in [2.05, 4.69) is 19.7 Å². The van der Waals surface area contributed by atoms with Crippen molar-refractivity contribution in [2.45, 2.75) is 26.9 Å². The van der Waals surface area contributed by atoms with Gasteiger partial charge in [0.2, 0.25) is 11.7 Å². The first-order chi connectivity index (χ1) is 11.1. The third kappa shape index (κ3) is 2.86. The fourth-order valence-electron chi connectivity index (χ4n) is 2.40. The van der Waals surface area contributed by atoms with Gasteiger partial charge in [-0.05, 0) is 50.1 Å². The molecule has 2 aromatic heterocycles. The molecule has 1 amide bonds. The second kappa shape index (κ2) is 5.40. The Bertz CT molecular complexity index is 899. The van der Waals surface area contributed by atoms with Crippen molar-refractivity contribution in [2.75, 3.05) is 5.32 Å². The quantitative estimate of drug-likeness (QED) is 0.730. The van der Waals surface area contributed by atoms with Gasteiger partial charge in [-0.15, -0.1) is 0 Å². The molecule has 3 aromatic rings. The minimum absolute atomic E-state index is 0.00308. The van der Waals surface area contributed by atoms with Crippen LogP contribution in [-0.4, -0.2) is 15.9 Å². The maximum Gasteiger partial charge on any atom is 0.450 e. The zero-order chi connectivity index (χ0) is 17.6. The fraction of sp³-hybridized carbons (Fsp3) is 0.250. The SMILES string of the molecule is Cc1cc(C(=O)Nc2nc3cc(C)c(C)cc3[nH]2)c(C(F)(F)F)o1. The number of furan rings is 1. The number of H-pyrrole nitrogens is 1. The van der Waals surface area contributed by atoms with Crippen LogP contribution < -0.4 is 5.32 Å². The van der Waals surface area contributed by atoms with E-state index in [9.17, 15) is 18.0 Å². The van der Waals surface area contributed by atoms with E-state index < -0.39 is 23.4 Å². The third-order valence-electron chi connectivity index (χ3n) is 3.69. The van der Waals surface area contributed by atoms with Crippen LogP contribution in [-0.2, 0) is 6.18 Å². The van der Waals surface area contributed by atoms with Gasteiger partial charge in [0.1, 0.15) is 5.76 Å². The second-order valence-corrected chi connectivity index (χ2v) is 5.59. The Morgan fingerprint density at radius 3 is 2.50 bits per heavy atom. The lowest BCUT2D eigenvalue weighted by atomic mass is 10.1. The molecule has 24 heavy (non-hydrogen) atoms. The Kier molecular flexibility index (Phi) is 3.62. The van der Waals surface area contributed by atoms with Crippen molar-refractivity contribution >= 4 is 22.9 Å². The van der Waals surface area contributed by atoms with Gasteiger partial charge in [0.05, 0.1) is 16.6 Å². The standard InChI is InChI=1S/C16H14F3N3O2/c1-7-4-11-12(5-8(7)2)21-15(20-11)22-14(23)10-6-9(3)24-13(10)16(17,18)19/h4-6H,1-3H3,(H2,20,21,22,23). The number of hydrogen-bond acceptors (Lipinski definition) is 3. The number of nitrogens with zero attached hydrogens (tertiary/aromatic N) is 1. The number of fused-ring (bicyclic) bond motifs is 1. The molecule has 0 radical (unpaired) electrons. The van der Waals surface area contributed by atoms with Crippen LogP contribution in [0.4, 0.5) is 19.1 Å². The number of aromatic nitrogens is 2. The fourth-order valence-corrected chi connectivity index (χ4v) is 2.40. The van der Waals surface area contributed by atoms with E-state index in [4.69, 9.17) is 0 Å². The molecule has 126 valence electrons. The Hall–Kier alpha value is -2.77. The number of anilines is 1. The summed E-state index contributed by atoms with van der Waals surface area (Å²) in [6.07, 6.45) is -4.75. The maximum absolute atomic E-state index is 12.9. The lowest BCUT2D eigenvalue weighted by molar-refractivity contribution is -0.153. The average Bonchev–Trinajstić information content (AvgIpc) is 3.02. The number of aromatic amines is 1. The minimum Gasteiger partial charge on any atom is -0.456 e. The molecule has 0 aliphatic rings. The molecule has 1 aromatic carbocycles. The molecule has 0 unspecified atom stereocenters. The number of halogens is 3.